The van der Waals surface area contributed by atoms with Crippen LogP contribution in [0.15, 0.2) is 36.4 Å². The summed E-state index contributed by atoms with van der Waals surface area (Å²) >= 11 is 0. The number of carboxylic acids is 1. The molecule has 0 bridgehead atoms. The van der Waals surface area contributed by atoms with Crippen LogP contribution in [0.2, 0.25) is 0 Å². The Bertz CT molecular complexity index is 384. The van der Waals surface area contributed by atoms with E-state index in [9.17, 15) is 14.7 Å². The average Bonchev–Trinajstić information content (AvgIpc) is 2.19. The Hall–Kier alpha value is -1.58. The van der Waals surface area contributed by atoms with Gasteiger partial charge in [-0.2, -0.15) is 0 Å². The molecule has 0 aromatic heterocycles. The molecule has 0 aliphatic heterocycles. The Morgan fingerprint density at radius 1 is 1.07 bits per heavy atom. The summed E-state index contributed by atoms with van der Waals surface area (Å²) in [5.41, 5.74) is 0.405. The molecule has 0 unspecified atom stereocenters. The smallest absolute Gasteiger partial charge is 0.376 e. The third-order valence-electron chi connectivity index (χ3n) is 1.55. The molecule has 0 amide bonds. The van der Waals surface area contributed by atoms with Crippen LogP contribution < -0.4 is 0 Å². The normalized spacial score (nSPS) is 10.3. The van der Waals surface area contributed by atoms with E-state index in [0.717, 1.165) is 0 Å². The molecule has 1 aromatic rings. The fourth-order valence-electron chi connectivity index (χ4n) is 0.878. The molecule has 0 saturated heterocycles. The fraction of sp³-hybridized carbons (Fsp3) is 0. The molecule has 15 heavy (non-hydrogen) atoms. The number of benzene rings is 1. The van der Waals surface area contributed by atoms with Crippen molar-refractivity contribution in [1.29, 1.82) is 0 Å². The number of aliphatic hydroxyl groups excluding tert-OH is 1. The summed E-state index contributed by atoms with van der Waals surface area (Å²) in [5, 5.41) is 17.6. The number of carboxylic acid groups (broad SMARTS) is 1. The molecule has 1 aromatic carbocycles. The first-order valence-corrected chi connectivity index (χ1v) is 3.84. The van der Waals surface area contributed by atoms with E-state index < -0.39 is 11.8 Å². The molecule has 0 aliphatic carbocycles. The van der Waals surface area contributed by atoms with E-state index in [1.165, 1.54) is 0 Å². The zero-order valence-corrected chi connectivity index (χ0v) is 8.73. The Balaban J connectivity index is 0.00000196. The van der Waals surface area contributed by atoms with Crippen molar-refractivity contribution in [3.63, 3.8) is 0 Å². The first kappa shape index (κ1) is 13.4. The quantitative estimate of drug-likeness (QED) is 0.364. The molecule has 2 N–H and O–H groups in total. The minimum absolute atomic E-state index is 0. The van der Waals surface area contributed by atoms with Gasteiger partial charge in [0.1, 0.15) is 5.76 Å². The predicted octanol–water partition coefficient (Wildman–Crippen LogP) is 1.24. The summed E-state index contributed by atoms with van der Waals surface area (Å²) in [6.07, 6.45) is 0.678. The van der Waals surface area contributed by atoms with Gasteiger partial charge in [-0.25, -0.2) is 4.79 Å². The zero-order chi connectivity index (χ0) is 10.6. The van der Waals surface area contributed by atoms with Gasteiger partial charge in [0.05, 0.1) is 0 Å². The summed E-state index contributed by atoms with van der Waals surface area (Å²) in [7, 11) is 0. The molecule has 1 radical (unpaired) electrons. The van der Waals surface area contributed by atoms with Crippen molar-refractivity contribution >= 4 is 17.5 Å². The van der Waals surface area contributed by atoms with E-state index in [0.29, 0.717) is 11.6 Å². The minimum Gasteiger partial charge on any atom is -0.507 e. The van der Waals surface area contributed by atoms with Gasteiger partial charge >= 0.3 is 5.97 Å². The molecule has 0 heterocycles. The van der Waals surface area contributed by atoms with Crippen molar-refractivity contribution in [2.24, 2.45) is 0 Å². The third-order valence-corrected chi connectivity index (χ3v) is 1.55. The van der Waals surface area contributed by atoms with E-state index in [2.05, 4.69) is 0 Å². The van der Waals surface area contributed by atoms with Crippen LogP contribution in [0.3, 0.4) is 0 Å². The zero-order valence-electron chi connectivity index (χ0n) is 7.55. The van der Waals surface area contributed by atoms with Crippen LogP contribution in [0.25, 0.3) is 5.76 Å². The van der Waals surface area contributed by atoms with E-state index in [1.807, 2.05) is 0 Å². The van der Waals surface area contributed by atoms with Crippen molar-refractivity contribution in [3.05, 3.63) is 42.0 Å². The Morgan fingerprint density at radius 3 is 2.07 bits per heavy atom. The van der Waals surface area contributed by atoms with Gasteiger partial charge in [0.2, 0.25) is 0 Å². The van der Waals surface area contributed by atoms with Gasteiger partial charge in [-0.15, -0.1) is 0 Å². The van der Waals surface area contributed by atoms with Crippen molar-refractivity contribution < 1.29 is 36.9 Å². The molecule has 0 saturated carbocycles. The van der Waals surface area contributed by atoms with Gasteiger partial charge in [-0.1, -0.05) is 30.3 Å². The maximum Gasteiger partial charge on any atom is 0.376 e. The number of aliphatic carboxylic acids is 1. The summed E-state index contributed by atoms with van der Waals surface area (Å²) in [5.74, 6) is -3.09. The number of ketones is 1. The second-order valence-electron chi connectivity index (χ2n) is 2.57. The predicted molar refractivity (Wildman–Crippen MR) is 49.7 cm³/mol. The summed E-state index contributed by atoms with van der Waals surface area (Å²) in [6.45, 7) is 0. The molecule has 79 valence electrons. The summed E-state index contributed by atoms with van der Waals surface area (Å²) < 4.78 is 0. The van der Waals surface area contributed by atoms with Crippen LogP contribution in [0.4, 0.5) is 0 Å². The molecule has 4 nitrogen and oxygen atoms in total. The van der Waals surface area contributed by atoms with Gasteiger partial charge in [-0.3, -0.25) is 4.79 Å². The van der Waals surface area contributed by atoms with Crippen molar-refractivity contribution in [2.45, 2.75) is 0 Å². The van der Waals surface area contributed by atoms with E-state index >= 15 is 0 Å². The summed E-state index contributed by atoms with van der Waals surface area (Å²) in [6, 6.07) is 8.23. The molecule has 0 spiro atoms. The number of hydrogen-bond acceptors (Lipinski definition) is 3. The first-order valence-electron chi connectivity index (χ1n) is 3.84. The van der Waals surface area contributed by atoms with Crippen LogP contribution in [0.5, 0.6) is 0 Å². The van der Waals surface area contributed by atoms with Crippen molar-refractivity contribution in [3.8, 4) is 0 Å². The Morgan fingerprint density at radius 2 is 1.60 bits per heavy atom. The second-order valence-corrected chi connectivity index (χ2v) is 2.57. The number of aliphatic hydroxyl groups is 1. The molecule has 0 atom stereocenters. The summed E-state index contributed by atoms with van der Waals surface area (Å²) in [4.78, 5) is 20.9. The van der Waals surface area contributed by atoms with Crippen molar-refractivity contribution in [1.82, 2.24) is 0 Å². The molecular weight excluding hydrogens is 239 g/mol. The fourth-order valence-corrected chi connectivity index (χ4v) is 0.878. The topological polar surface area (TPSA) is 74.6 Å². The molecular formula is C10H8MnO4. The van der Waals surface area contributed by atoms with E-state index in [-0.39, 0.29) is 22.8 Å². The minimum atomic E-state index is -1.59. The van der Waals surface area contributed by atoms with Gasteiger partial charge < -0.3 is 10.2 Å². The third kappa shape index (κ3) is 3.97. The number of hydrogen-bond donors (Lipinski definition) is 2. The van der Waals surface area contributed by atoms with Gasteiger partial charge in [0, 0.05) is 28.7 Å². The number of carbonyl (C=O) groups is 2. The SMILES string of the molecule is O=C(O)C(=O)/C=C(\O)c1ccccc1.[Mn]. The standard InChI is InChI=1S/C10H8O4.Mn/c11-8(6-9(12)10(13)14)7-4-2-1-3-5-7;/h1-6,11H,(H,13,14);/b8-6-;. The van der Waals surface area contributed by atoms with Crippen LogP contribution in [-0.4, -0.2) is 22.0 Å². The largest absolute Gasteiger partial charge is 0.507 e. The van der Waals surface area contributed by atoms with Crippen LogP contribution >= 0.6 is 0 Å². The molecule has 5 heteroatoms. The number of rotatable bonds is 3. The van der Waals surface area contributed by atoms with Gasteiger partial charge in [-0.05, 0) is 0 Å². The Labute approximate surface area is 96.7 Å². The van der Waals surface area contributed by atoms with Crippen LogP contribution in [0, 0.1) is 0 Å². The molecule has 0 aliphatic rings. The van der Waals surface area contributed by atoms with Gasteiger partial charge in [0.15, 0.2) is 0 Å². The first-order chi connectivity index (χ1) is 6.61. The maximum atomic E-state index is 10.7. The van der Waals surface area contributed by atoms with Gasteiger partial charge in [0.25, 0.3) is 5.78 Å². The van der Waals surface area contributed by atoms with Crippen LogP contribution in [-0.2, 0) is 26.7 Å². The monoisotopic (exact) mass is 247 g/mol. The van der Waals surface area contributed by atoms with E-state index in [4.69, 9.17) is 5.11 Å². The Kier molecular flexibility index (Phi) is 5.37. The van der Waals surface area contributed by atoms with Crippen molar-refractivity contribution in [2.75, 3.05) is 0 Å². The van der Waals surface area contributed by atoms with E-state index in [1.54, 1.807) is 30.3 Å². The molecule has 1 rings (SSSR count). The molecule has 0 fully saturated rings. The maximum absolute atomic E-state index is 10.7. The second kappa shape index (κ2) is 6.01. The van der Waals surface area contributed by atoms with Crippen LogP contribution in [0.1, 0.15) is 5.56 Å². The average molecular weight is 247 g/mol. The number of carbonyl (C=O) groups excluding carboxylic acids is 1.